The zero-order chi connectivity index (χ0) is 24.1. The molecule has 0 unspecified atom stereocenters. The molecule has 0 saturated heterocycles. The van der Waals surface area contributed by atoms with Gasteiger partial charge in [0.05, 0.1) is 26.2 Å². The molecule has 1 N–H and O–H groups in total. The fraction of sp³-hybridized carbons (Fsp3) is 0.200. The van der Waals surface area contributed by atoms with Crippen LogP contribution < -0.4 is 14.8 Å². The Bertz CT molecular complexity index is 1330. The molecule has 2 heterocycles. The van der Waals surface area contributed by atoms with Crippen LogP contribution in [0, 0.1) is 0 Å². The Morgan fingerprint density at radius 3 is 2.50 bits per heavy atom. The van der Waals surface area contributed by atoms with E-state index in [9.17, 15) is 9.59 Å². The largest absolute Gasteiger partial charge is 0.496 e. The van der Waals surface area contributed by atoms with Gasteiger partial charge in [0.25, 0.3) is 0 Å². The molecule has 4 aromatic rings. The Labute approximate surface area is 195 Å². The first kappa shape index (κ1) is 22.8. The van der Waals surface area contributed by atoms with E-state index in [1.165, 1.54) is 14.2 Å². The topological polar surface area (TPSA) is 113 Å². The fourth-order valence-electron chi connectivity index (χ4n) is 3.39. The number of rotatable bonds is 8. The molecule has 0 atom stereocenters. The van der Waals surface area contributed by atoms with Crippen molar-refractivity contribution in [2.75, 3.05) is 19.5 Å². The summed E-state index contributed by atoms with van der Waals surface area (Å²) < 4.78 is 21.3. The highest BCUT2D eigenvalue weighted by atomic mass is 16.5. The molecule has 34 heavy (non-hydrogen) atoms. The van der Waals surface area contributed by atoms with E-state index in [0.717, 1.165) is 5.56 Å². The van der Waals surface area contributed by atoms with E-state index in [4.69, 9.17) is 18.7 Å². The number of methoxy groups -OCH3 is 2. The molecule has 9 nitrogen and oxygen atoms in total. The van der Waals surface area contributed by atoms with Crippen LogP contribution in [-0.2, 0) is 22.4 Å². The van der Waals surface area contributed by atoms with Crippen LogP contribution in [0.3, 0.4) is 0 Å². The van der Waals surface area contributed by atoms with Gasteiger partial charge in [-0.15, -0.1) is 0 Å². The molecule has 0 fully saturated rings. The average Bonchev–Trinajstić information content (AvgIpc) is 3.31. The SMILES string of the molecule is CCc1cc(NC(=O)Cc2ccc(Oc3ccnc4cc(OC)c(C(=O)OC)cc34)cc2)no1. The number of pyridine rings is 1. The number of benzene rings is 2. The highest BCUT2D eigenvalue weighted by Crippen LogP contribution is 2.33. The Hall–Kier alpha value is -4.40. The van der Waals surface area contributed by atoms with Gasteiger partial charge < -0.3 is 24.1 Å². The highest BCUT2D eigenvalue weighted by molar-refractivity contribution is 5.99. The van der Waals surface area contributed by atoms with Crippen molar-refractivity contribution in [2.24, 2.45) is 0 Å². The van der Waals surface area contributed by atoms with Crippen molar-refractivity contribution >= 4 is 28.6 Å². The number of amides is 1. The van der Waals surface area contributed by atoms with Gasteiger partial charge in [-0.1, -0.05) is 24.2 Å². The molecule has 0 aliphatic rings. The zero-order valence-corrected chi connectivity index (χ0v) is 19.0. The molecule has 4 rings (SSSR count). The van der Waals surface area contributed by atoms with Crippen LogP contribution in [0.25, 0.3) is 10.9 Å². The third-order valence-electron chi connectivity index (χ3n) is 5.12. The van der Waals surface area contributed by atoms with Gasteiger partial charge in [-0.05, 0) is 29.8 Å². The van der Waals surface area contributed by atoms with Gasteiger partial charge in [-0.3, -0.25) is 9.78 Å². The van der Waals surface area contributed by atoms with Gasteiger partial charge in [0, 0.05) is 30.1 Å². The zero-order valence-electron chi connectivity index (χ0n) is 19.0. The molecule has 1 amide bonds. The molecule has 0 spiro atoms. The number of hydrogen-bond donors (Lipinski definition) is 1. The van der Waals surface area contributed by atoms with E-state index < -0.39 is 5.97 Å². The van der Waals surface area contributed by atoms with Crippen LogP contribution >= 0.6 is 0 Å². The second-order valence-electron chi connectivity index (χ2n) is 7.37. The van der Waals surface area contributed by atoms with Crippen LogP contribution in [0.2, 0.25) is 0 Å². The summed E-state index contributed by atoms with van der Waals surface area (Å²) >= 11 is 0. The van der Waals surface area contributed by atoms with E-state index in [1.54, 1.807) is 42.6 Å². The summed E-state index contributed by atoms with van der Waals surface area (Å²) in [6.45, 7) is 1.94. The quantitative estimate of drug-likeness (QED) is 0.380. The molecule has 174 valence electrons. The lowest BCUT2D eigenvalue weighted by molar-refractivity contribution is -0.115. The number of ether oxygens (including phenoxy) is 3. The summed E-state index contributed by atoms with van der Waals surface area (Å²) in [4.78, 5) is 28.8. The van der Waals surface area contributed by atoms with E-state index in [-0.39, 0.29) is 17.9 Å². The number of esters is 1. The number of nitrogens with one attached hydrogen (secondary N) is 1. The summed E-state index contributed by atoms with van der Waals surface area (Å²) in [6.07, 6.45) is 2.49. The maximum atomic E-state index is 12.3. The number of carbonyl (C=O) groups excluding carboxylic acids is 2. The minimum Gasteiger partial charge on any atom is -0.496 e. The van der Waals surface area contributed by atoms with Crippen LogP contribution in [-0.4, -0.2) is 36.2 Å². The number of fused-ring (bicyclic) bond motifs is 1. The summed E-state index contributed by atoms with van der Waals surface area (Å²) in [6, 6.07) is 13.9. The number of nitrogens with zero attached hydrogens (tertiary/aromatic N) is 2. The minimum atomic E-state index is -0.521. The predicted octanol–water partition coefficient (Wildman–Crippen LogP) is 4.55. The second kappa shape index (κ2) is 10.0. The summed E-state index contributed by atoms with van der Waals surface area (Å²) in [7, 11) is 2.78. The Morgan fingerprint density at radius 2 is 1.82 bits per heavy atom. The normalized spacial score (nSPS) is 10.7. The molecule has 9 heteroatoms. The highest BCUT2D eigenvalue weighted by Gasteiger charge is 2.17. The predicted molar refractivity (Wildman–Crippen MR) is 124 cm³/mol. The van der Waals surface area contributed by atoms with Crippen molar-refractivity contribution in [3.8, 4) is 17.2 Å². The first-order valence-corrected chi connectivity index (χ1v) is 10.6. The van der Waals surface area contributed by atoms with E-state index in [0.29, 0.717) is 46.2 Å². The molecule has 0 aliphatic heterocycles. The Kier molecular flexibility index (Phi) is 6.72. The number of anilines is 1. The molecular weight excluding hydrogens is 438 g/mol. The first-order chi connectivity index (χ1) is 16.5. The number of carbonyl (C=O) groups is 2. The maximum absolute atomic E-state index is 12.3. The summed E-state index contributed by atoms with van der Waals surface area (Å²) in [5.41, 5.74) is 1.69. The van der Waals surface area contributed by atoms with Crippen LogP contribution in [0.1, 0.15) is 28.6 Å². The standard InChI is InChI=1S/C25H23N3O6/c1-4-16-12-23(28-34-16)27-24(29)11-15-5-7-17(8-6-15)33-21-9-10-26-20-14-22(31-2)19(13-18(20)21)25(30)32-3/h5-10,12-14H,4,11H2,1-3H3,(H,27,28,29). The van der Waals surface area contributed by atoms with Crippen LogP contribution in [0.5, 0.6) is 17.2 Å². The molecule has 0 radical (unpaired) electrons. The van der Waals surface area contributed by atoms with E-state index >= 15 is 0 Å². The van der Waals surface area contributed by atoms with Crippen LogP contribution in [0.4, 0.5) is 5.82 Å². The van der Waals surface area contributed by atoms with Gasteiger partial charge in [0.15, 0.2) is 5.82 Å². The van der Waals surface area contributed by atoms with Gasteiger partial charge in [0.1, 0.15) is 28.6 Å². The lowest BCUT2D eigenvalue weighted by atomic mass is 10.1. The average molecular weight is 461 g/mol. The van der Waals surface area contributed by atoms with E-state index in [2.05, 4.69) is 15.5 Å². The van der Waals surface area contributed by atoms with Crippen molar-refractivity contribution in [1.29, 1.82) is 0 Å². The van der Waals surface area contributed by atoms with Crippen molar-refractivity contribution in [3.63, 3.8) is 0 Å². The molecule has 0 saturated carbocycles. The van der Waals surface area contributed by atoms with Gasteiger partial charge >= 0.3 is 5.97 Å². The van der Waals surface area contributed by atoms with Crippen LogP contribution in [0.15, 0.2) is 59.3 Å². The lowest BCUT2D eigenvalue weighted by Gasteiger charge is -2.12. The van der Waals surface area contributed by atoms with Gasteiger partial charge in [-0.2, -0.15) is 0 Å². The number of hydrogen-bond acceptors (Lipinski definition) is 8. The minimum absolute atomic E-state index is 0.176. The third kappa shape index (κ3) is 4.98. The second-order valence-corrected chi connectivity index (χ2v) is 7.37. The molecule has 2 aromatic carbocycles. The number of aryl methyl sites for hydroxylation is 1. The van der Waals surface area contributed by atoms with Crippen molar-refractivity contribution in [2.45, 2.75) is 19.8 Å². The third-order valence-corrected chi connectivity index (χ3v) is 5.12. The van der Waals surface area contributed by atoms with Crippen molar-refractivity contribution in [1.82, 2.24) is 10.1 Å². The summed E-state index contributed by atoms with van der Waals surface area (Å²) in [5, 5.41) is 7.17. The van der Waals surface area contributed by atoms with E-state index in [1.807, 2.05) is 19.1 Å². The fourth-order valence-corrected chi connectivity index (χ4v) is 3.39. The lowest BCUT2D eigenvalue weighted by Crippen LogP contribution is -2.14. The Balaban J connectivity index is 1.50. The van der Waals surface area contributed by atoms with Crippen molar-refractivity contribution < 1.29 is 28.3 Å². The molecular formula is C25H23N3O6. The van der Waals surface area contributed by atoms with Crippen molar-refractivity contribution in [3.05, 3.63) is 71.6 Å². The Morgan fingerprint density at radius 1 is 1.03 bits per heavy atom. The molecule has 0 bridgehead atoms. The first-order valence-electron chi connectivity index (χ1n) is 10.6. The maximum Gasteiger partial charge on any atom is 0.341 e. The monoisotopic (exact) mass is 461 g/mol. The van der Waals surface area contributed by atoms with Gasteiger partial charge in [0.2, 0.25) is 5.91 Å². The summed E-state index contributed by atoms with van der Waals surface area (Å²) in [5.74, 6) is 1.83. The number of aromatic nitrogens is 2. The molecule has 0 aliphatic carbocycles. The van der Waals surface area contributed by atoms with Gasteiger partial charge in [-0.25, -0.2) is 4.79 Å². The smallest absolute Gasteiger partial charge is 0.341 e. The molecule has 2 aromatic heterocycles.